The molecule has 0 aliphatic heterocycles. The van der Waals surface area contributed by atoms with E-state index in [0.717, 1.165) is 5.69 Å². The van der Waals surface area contributed by atoms with E-state index < -0.39 is 0 Å². The smallest absolute Gasteiger partial charge is 0.353 e. The van der Waals surface area contributed by atoms with Crippen molar-refractivity contribution in [3.05, 3.63) is 64.0 Å². The van der Waals surface area contributed by atoms with Gasteiger partial charge in [-0.1, -0.05) is 18.2 Å². The van der Waals surface area contributed by atoms with E-state index in [-0.39, 0.29) is 5.82 Å². The van der Waals surface area contributed by atoms with Crippen molar-refractivity contribution >= 4 is 17.4 Å². The van der Waals surface area contributed by atoms with Crippen LogP contribution in [0.15, 0.2) is 41.2 Å². The van der Waals surface area contributed by atoms with E-state index in [4.69, 9.17) is 13.1 Å². The van der Waals surface area contributed by atoms with E-state index in [1.165, 1.54) is 11.8 Å². The van der Waals surface area contributed by atoms with Gasteiger partial charge in [0.25, 0.3) is 0 Å². The molecule has 1 aromatic carbocycles. The fraction of sp³-hybridized carbons (Fsp3) is 0.0909. The molecule has 0 atom stereocenters. The second-order valence-corrected chi connectivity index (χ2v) is 3.39. The van der Waals surface area contributed by atoms with Crippen LogP contribution in [0, 0.1) is 13.1 Å². The Balaban J connectivity index is 2.95. The van der Waals surface area contributed by atoms with E-state index in [0.29, 0.717) is 5.03 Å². The third-order valence-electron chi connectivity index (χ3n) is 1.65. The van der Waals surface area contributed by atoms with Crippen LogP contribution >= 0.6 is 11.8 Å². The molecule has 1 N–H and O–H groups in total. The number of anilines is 1. The molecule has 0 radical (unpaired) electrons. The van der Waals surface area contributed by atoms with Crippen LogP contribution < -0.4 is 5.32 Å². The first-order valence-electron chi connectivity index (χ1n) is 4.17. The van der Waals surface area contributed by atoms with Crippen molar-refractivity contribution in [2.75, 3.05) is 11.6 Å². The minimum absolute atomic E-state index is 0.0753. The summed E-state index contributed by atoms with van der Waals surface area (Å²) in [6.07, 6.45) is 1.83. The molecule has 74 valence electrons. The topological polar surface area (TPSA) is 20.8 Å². The van der Waals surface area contributed by atoms with Crippen LogP contribution in [0.25, 0.3) is 9.69 Å². The highest BCUT2D eigenvalue weighted by Gasteiger charge is 2.13. The van der Waals surface area contributed by atoms with Crippen LogP contribution in [0.4, 0.5) is 5.69 Å². The molecule has 0 bridgehead atoms. The number of para-hydroxylation sites is 1. The summed E-state index contributed by atoms with van der Waals surface area (Å²) < 4.78 is 0. The summed E-state index contributed by atoms with van der Waals surface area (Å²) in [7, 11) is 0. The maximum Gasteiger partial charge on any atom is 0.549 e. The van der Waals surface area contributed by atoms with E-state index in [2.05, 4.69) is 15.0 Å². The first-order valence-corrected chi connectivity index (χ1v) is 5.39. The average Bonchev–Trinajstić information content (AvgIpc) is 2.30. The first kappa shape index (κ1) is 11.2. The molecule has 0 fully saturated rings. The summed E-state index contributed by atoms with van der Waals surface area (Å²) in [4.78, 5) is 6.33. The van der Waals surface area contributed by atoms with Crippen molar-refractivity contribution in [2.24, 2.45) is 0 Å². The van der Waals surface area contributed by atoms with E-state index in [9.17, 15) is 0 Å². The zero-order chi connectivity index (χ0) is 11.1. The lowest BCUT2D eigenvalue weighted by Gasteiger charge is -2.04. The van der Waals surface area contributed by atoms with Gasteiger partial charge in [-0.25, -0.2) is 0 Å². The molecule has 3 nitrogen and oxygen atoms in total. The van der Waals surface area contributed by atoms with E-state index in [1.54, 1.807) is 0 Å². The molecule has 0 saturated carbocycles. The van der Waals surface area contributed by atoms with Gasteiger partial charge < -0.3 is 5.32 Å². The zero-order valence-corrected chi connectivity index (χ0v) is 9.01. The molecule has 0 spiro atoms. The molecule has 0 saturated heterocycles. The van der Waals surface area contributed by atoms with Crippen molar-refractivity contribution < 1.29 is 0 Å². The normalized spacial score (nSPS) is 8.47. The van der Waals surface area contributed by atoms with Crippen LogP contribution in [-0.4, -0.2) is 6.26 Å². The lowest BCUT2D eigenvalue weighted by atomic mass is 10.3. The highest BCUT2D eigenvalue weighted by molar-refractivity contribution is 8.02. The standard InChI is InChI=1S/C11H9N3S/c1-12-10(13-2)11(15-3)14-9-7-5-4-6-8-9/h4-8,14H,3H3. The molecule has 4 heteroatoms. The molecule has 1 aromatic rings. The minimum Gasteiger partial charge on any atom is -0.353 e. The Bertz CT molecular complexity index is 421. The number of hydrogen-bond donors (Lipinski definition) is 1. The maximum absolute atomic E-state index is 6.86. The van der Waals surface area contributed by atoms with Crippen molar-refractivity contribution in [2.45, 2.75) is 0 Å². The Kier molecular flexibility index (Phi) is 4.28. The van der Waals surface area contributed by atoms with Crippen LogP contribution in [0.5, 0.6) is 0 Å². The SMILES string of the molecule is [C-]#[N+]C([N+]#[C-])=C(Nc1ccccc1)SC. The van der Waals surface area contributed by atoms with Crippen LogP contribution in [0.1, 0.15) is 0 Å². The summed E-state index contributed by atoms with van der Waals surface area (Å²) >= 11 is 1.36. The van der Waals surface area contributed by atoms with Crippen LogP contribution in [0.2, 0.25) is 0 Å². The number of thioether (sulfide) groups is 1. The Morgan fingerprint density at radius 1 is 1.20 bits per heavy atom. The number of rotatable bonds is 3. The Hall–Kier alpha value is -1.91. The van der Waals surface area contributed by atoms with Gasteiger partial charge >= 0.3 is 5.82 Å². The van der Waals surface area contributed by atoms with Gasteiger partial charge in [-0.2, -0.15) is 9.69 Å². The Labute approximate surface area is 93.4 Å². The predicted octanol–water partition coefficient (Wildman–Crippen LogP) is 3.43. The molecule has 0 heterocycles. The number of hydrogen-bond acceptors (Lipinski definition) is 2. The molecular weight excluding hydrogens is 206 g/mol. The Morgan fingerprint density at radius 2 is 1.80 bits per heavy atom. The van der Waals surface area contributed by atoms with Gasteiger partial charge in [0.2, 0.25) is 0 Å². The fourth-order valence-corrected chi connectivity index (χ4v) is 1.47. The van der Waals surface area contributed by atoms with Crippen LogP contribution in [0.3, 0.4) is 0 Å². The van der Waals surface area contributed by atoms with Gasteiger partial charge in [0.05, 0.1) is 0 Å². The Morgan fingerprint density at radius 3 is 2.27 bits per heavy atom. The summed E-state index contributed by atoms with van der Waals surface area (Å²) in [6, 6.07) is 9.49. The molecular formula is C11H9N3S. The van der Waals surface area contributed by atoms with Gasteiger partial charge in [-0.05, 0) is 18.4 Å². The highest BCUT2D eigenvalue weighted by Crippen LogP contribution is 2.21. The summed E-state index contributed by atoms with van der Waals surface area (Å²) in [5.74, 6) is 0.0753. The summed E-state index contributed by atoms with van der Waals surface area (Å²) in [6.45, 7) is 13.7. The van der Waals surface area contributed by atoms with Crippen molar-refractivity contribution in [1.82, 2.24) is 0 Å². The maximum atomic E-state index is 6.86. The van der Waals surface area contributed by atoms with Gasteiger partial charge in [0.1, 0.15) is 13.1 Å². The second kappa shape index (κ2) is 5.74. The predicted molar refractivity (Wildman–Crippen MR) is 63.8 cm³/mol. The summed E-state index contributed by atoms with van der Waals surface area (Å²) in [5, 5.41) is 3.63. The first-order chi connectivity index (χ1) is 7.31. The lowest BCUT2D eigenvalue weighted by Crippen LogP contribution is -1.96. The minimum atomic E-state index is 0.0753. The van der Waals surface area contributed by atoms with Crippen molar-refractivity contribution in [1.29, 1.82) is 0 Å². The van der Waals surface area contributed by atoms with Gasteiger partial charge in [0, 0.05) is 5.69 Å². The van der Waals surface area contributed by atoms with Crippen molar-refractivity contribution in [3.63, 3.8) is 0 Å². The summed E-state index contributed by atoms with van der Waals surface area (Å²) in [5.41, 5.74) is 0.881. The molecule has 1 rings (SSSR count). The second-order valence-electron chi connectivity index (χ2n) is 2.57. The monoisotopic (exact) mass is 215 g/mol. The number of nitrogens with zero attached hydrogens (tertiary/aromatic N) is 2. The number of nitrogens with one attached hydrogen (secondary N) is 1. The molecule has 0 amide bonds. The van der Waals surface area contributed by atoms with Crippen LogP contribution in [-0.2, 0) is 0 Å². The third-order valence-corrected chi connectivity index (χ3v) is 2.34. The largest absolute Gasteiger partial charge is 0.549 e. The molecule has 15 heavy (non-hydrogen) atoms. The van der Waals surface area contributed by atoms with Gasteiger partial charge in [-0.3, -0.25) is 0 Å². The van der Waals surface area contributed by atoms with Gasteiger partial charge in [-0.15, -0.1) is 11.8 Å². The lowest BCUT2D eigenvalue weighted by molar-refractivity contribution is 1.50. The number of benzene rings is 1. The van der Waals surface area contributed by atoms with E-state index in [1.807, 2.05) is 36.6 Å². The van der Waals surface area contributed by atoms with Crippen molar-refractivity contribution in [3.8, 4) is 0 Å². The molecule has 0 aromatic heterocycles. The van der Waals surface area contributed by atoms with Gasteiger partial charge in [0.15, 0.2) is 5.03 Å². The quantitative estimate of drug-likeness (QED) is 0.780. The molecule has 0 aliphatic rings. The average molecular weight is 215 g/mol. The fourth-order valence-electron chi connectivity index (χ4n) is 0.977. The zero-order valence-electron chi connectivity index (χ0n) is 8.19. The van der Waals surface area contributed by atoms with E-state index >= 15 is 0 Å². The molecule has 0 aliphatic carbocycles. The highest BCUT2D eigenvalue weighted by atomic mass is 32.2. The molecule has 0 unspecified atom stereocenters. The third kappa shape index (κ3) is 3.05.